The molecule has 3 heteroatoms. The second-order valence-corrected chi connectivity index (χ2v) is 4.70. The summed E-state index contributed by atoms with van der Waals surface area (Å²) in [7, 11) is 0. The van der Waals surface area contributed by atoms with Gasteiger partial charge in [-0.25, -0.2) is 4.79 Å². The molecule has 0 atom stereocenters. The molecule has 1 aromatic rings. The van der Waals surface area contributed by atoms with Crippen LogP contribution >= 0.6 is 0 Å². The van der Waals surface area contributed by atoms with Crippen molar-refractivity contribution in [3.8, 4) is 0 Å². The first-order chi connectivity index (χ1) is 7.29. The molecular formula is C13H16O3. The number of ether oxygens (including phenoxy) is 1. The highest BCUT2D eigenvalue weighted by molar-refractivity contribution is 6.40. The summed E-state index contributed by atoms with van der Waals surface area (Å²) in [5.74, 6) is -1.41. The smallest absolute Gasteiger partial charge is 0.380 e. The second kappa shape index (κ2) is 4.47. The molecule has 0 heterocycles. The van der Waals surface area contributed by atoms with E-state index in [1.165, 1.54) is 0 Å². The van der Waals surface area contributed by atoms with Crippen molar-refractivity contribution in [1.82, 2.24) is 0 Å². The molecule has 0 spiro atoms. The monoisotopic (exact) mass is 220 g/mol. The van der Waals surface area contributed by atoms with E-state index in [0.717, 1.165) is 5.56 Å². The lowest BCUT2D eigenvalue weighted by Crippen LogP contribution is -2.28. The normalized spacial score (nSPS) is 11.0. The number of hydrogen-bond donors (Lipinski definition) is 0. The molecule has 0 radical (unpaired) electrons. The molecule has 0 aliphatic rings. The van der Waals surface area contributed by atoms with Gasteiger partial charge in [-0.2, -0.15) is 0 Å². The van der Waals surface area contributed by atoms with Gasteiger partial charge in [0.2, 0.25) is 0 Å². The van der Waals surface area contributed by atoms with Crippen molar-refractivity contribution in [2.24, 2.45) is 0 Å². The zero-order chi connectivity index (χ0) is 12.3. The van der Waals surface area contributed by atoms with E-state index in [-0.39, 0.29) is 0 Å². The lowest BCUT2D eigenvalue weighted by molar-refractivity contribution is -0.148. The Kier molecular flexibility index (Phi) is 3.48. The molecule has 0 aromatic heterocycles. The van der Waals surface area contributed by atoms with Gasteiger partial charge < -0.3 is 4.74 Å². The topological polar surface area (TPSA) is 43.4 Å². The van der Waals surface area contributed by atoms with Crippen LogP contribution in [0.25, 0.3) is 0 Å². The van der Waals surface area contributed by atoms with E-state index in [9.17, 15) is 9.59 Å². The Morgan fingerprint density at radius 3 is 2.00 bits per heavy atom. The van der Waals surface area contributed by atoms with Crippen molar-refractivity contribution in [3.05, 3.63) is 35.4 Å². The van der Waals surface area contributed by atoms with Gasteiger partial charge in [0, 0.05) is 5.56 Å². The van der Waals surface area contributed by atoms with Gasteiger partial charge in [-0.05, 0) is 27.7 Å². The van der Waals surface area contributed by atoms with Crippen LogP contribution in [0.1, 0.15) is 36.7 Å². The maximum Gasteiger partial charge on any atom is 0.380 e. The van der Waals surface area contributed by atoms with Crippen LogP contribution in [0.15, 0.2) is 24.3 Å². The van der Waals surface area contributed by atoms with Gasteiger partial charge in [-0.3, -0.25) is 4.79 Å². The van der Waals surface area contributed by atoms with E-state index < -0.39 is 17.4 Å². The van der Waals surface area contributed by atoms with Gasteiger partial charge in [0.25, 0.3) is 5.78 Å². The number of hydrogen-bond acceptors (Lipinski definition) is 3. The molecule has 0 aliphatic heterocycles. The van der Waals surface area contributed by atoms with E-state index in [1.54, 1.807) is 45.0 Å². The quantitative estimate of drug-likeness (QED) is 0.437. The number of carbonyl (C=O) groups is 2. The fourth-order valence-electron chi connectivity index (χ4n) is 1.15. The first-order valence-electron chi connectivity index (χ1n) is 5.14. The molecular weight excluding hydrogens is 204 g/mol. The van der Waals surface area contributed by atoms with Crippen LogP contribution in [0.3, 0.4) is 0 Å². The highest BCUT2D eigenvalue weighted by atomic mass is 16.6. The van der Waals surface area contributed by atoms with Crippen molar-refractivity contribution in [1.29, 1.82) is 0 Å². The van der Waals surface area contributed by atoms with Crippen LogP contribution in [-0.4, -0.2) is 17.4 Å². The molecule has 0 amide bonds. The van der Waals surface area contributed by atoms with Crippen molar-refractivity contribution < 1.29 is 14.3 Å². The molecule has 16 heavy (non-hydrogen) atoms. The average molecular weight is 220 g/mol. The summed E-state index contributed by atoms with van der Waals surface area (Å²) in [4.78, 5) is 23.1. The first kappa shape index (κ1) is 12.4. The maximum atomic E-state index is 11.7. The Bertz CT molecular complexity index is 396. The molecule has 1 rings (SSSR count). The summed E-state index contributed by atoms with van der Waals surface area (Å²) in [6.45, 7) is 7.11. The summed E-state index contributed by atoms with van der Waals surface area (Å²) >= 11 is 0. The summed E-state index contributed by atoms with van der Waals surface area (Å²) < 4.78 is 5.00. The van der Waals surface area contributed by atoms with Crippen molar-refractivity contribution in [3.63, 3.8) is 0 Å². The van der Waals surface area contributed by atoms with E-state index >= 15 is 0 Å². The molecule has 0 saturated heterocycles. The van der Waals surface area contributed by atoms with Crippen LogP contribution < -0.4 is 0 Å². The van der Waals surface area contributed by atoms with Crippen molar-refractivity contribution in [2.75, 3.05) is 0 Å². The van der Waals surface area contributed by atoms with Gasteiger partial charge in [0.05, 0.1) is 0 Å². The third-order valence-corrected chi connectivity index (χ3v) is 1.90. The number of esters is 1. The number of Topliss-reactive ketones (excluding diaryl/α,β-unsaturated/α-hetero) is 1. The Morgan fingerprint density at radius 1 is 1.06 bits per heavy atom. The Morgan fingerprint density at radius 2 is 1.56 bits per heavy atom. The Balaban J connectivity index is 2.79. The van der Waals surface area contributed by atoms with E-state index in [0.29, 0.717) is 5.56 Å². The Hall–Kier alpha value is -1.64. The van der Waals surface area contributed by atoms with Crippen molar-refractivity contribution >= 4 is 11.8 Å². The third kappa shape index (κ3) is 3.50. The number of carbonyl (C=O) groups excluding carboxylic acids is 2. The van der Waals surface area contributed by atoms with Crippen LogP contribution in [0.4, 0.5) is 0 Å². The molecule has 0 saturated carbocycles. The van der Waals surface area contributed by atoms with E-state index in [1.807, 2.05) is 6.92 Å². The largest absolute Gasteiger partial charge is 0.454 e. The average Bonchev–Trinajstić information content (AvgIpc) is 2.15. The molecule has 0 unspecified atom stereocenters. The lowest BCUT2D eigenvalue weighted by atomic mass is 10.1. The fraction of sp³-hybridized carbons (Fsp3) is 0.385. The Labute approximate surface area is 95.4 Å². The molecule has 0 fully saturated rings. The predicted octanol–water partition coefficient (Wildman–Crippen LogP) is 2.52. The summed E-state index contributed by atoms with van der Waals surface area (Å²) in [5.41, 5.74) is 0.762. The van der Waals surface area contributed by atoms with Crippen LogP contribution in [0.5, 0.6) is 0 Å². The minimum absolute atomic E-state index is 0.361. The predicted molar refractivity (Wildman–Crippen MR) is 61.4 cm³/mol. The third-order valence-electron chi connectivity index (χ3n) is 1.90. The summed E-state index contributed by atoms with van der Waals surface area (Å²) in [5, 5.41) is 0. The van der Waals surface area contributed by atoms with E-state index in [4.69, 9.17) is 4.74 Å². The zero-order valence-electron chi connectivity index (χ0n) is 10.0. The minimum atomic E-state index is -0.809. The lowest BCUT2D eigenvalue weighted by Gasteiger charge is -2.18. The number of rotatable bonds is 2. The summed E-state index contributed by atoms with van der Waals surface area (Å²) in [6, 6.07) is 6.83. The number of benzene rings is 1. The maximum absolute atomic E-state index is 11.7. The molecule has 0 N–H and O–H groups in total. The molecule has 3 nitrogen and oxygen atoms in total. The van der Waals surface area contributed by atoms with Gasteiger partial charge in [-0.15, -0.1) is 0 Å². The summed E-state index contributed by atoms with van der Waals surface area (Å²) in [6.07, 6.45) is 0. The SMILES string of the molecule is Cc1ccc(C(=O)C(=O)OC(C)(C)C)cc1. The van der Waals surface area contributed by atoms with E-state index in [2.05, 4.69) is 0 Å². The molecule has 0 bridgehead atoms. The number of aryl methyl sites for hydroxylation is 1. The second-order valence-electron chi connectivity index (χ2n) is 4.70. The van der Waals surface area contributed by atoms with Crippen molar-refractivity contribution in [2.45, 2.75) is 33.3 Å². The van der Waals surface area contributed by atoms with Crippen LogP contribution in [0.2, 0.25) is 0 Å². The zero-order valence-corrected chi connectivity index (χ0v) is 10.0. The van der Waals surface area contributed by atoms with Gasteiger partial charge in [0.15, 0.2) is 0 Å². The molecule has 0 aliphatic carbocycles. The highest BCUT2D eigenvalue weighted by Gasteiger charge is 2.23. The molecule has 1 aromatic carbocycles. The van der Waals surface area contributed by atoms with Gasteiger partial charge in [-0.1, -0.05) is 29.8 Å². The number of ketones is 1. The first-order valence-corrected chi connectivity index (χ1v) is 5.14. The fourth-order valence-corrected chi connectivity index (χ4v) is 1.15. The molecule has 86 valence electrons. The van der Waals surface area contributed by atoms with Gasteiger partial charge in [0.1, 0.15) is 5.60 Å². The minimum Gasteiger partial charge on any atom is -0.454 e. The van der Waals surface area contributed by atoms with Crippen LogP contribution in [0, 0.1) is 6.92 Å². The standard InChI is InChI=1S/C13H16O3/c1-9-5-7-10(8-6-9)11(14)12(15)16-13(2,3)4/h5-8H,1-4H3. The van der Waals surface area contributed by atoms with Gasteiger partial charge >= 0.3 is 5.97 Å². The highest BCUT2D eigenvalue weighted by Crippen LogP contribution is 2.10. The van der Waals surface area contributed by atoms with Crippen LogP contribution in [-0.2, 0) is 9.53 Å².